The maximum absolute atomic E-state index is 13.2. The Morgan fingerprint density at radius 2 is 1.97 bits per heavy atom. The number of nitrogens with two attached hydrogens (primary N) is 2. The molecule has 7 heteroatoms. The van der Waals surface area contributed by atoms with Crippen molar-refractivity contribution in [1.29, 1.82) is 0 Å². The fraction of sp³-hybridized carbons (Fsp3) is 0.636. The minimum atomic E-state index is -0.870. The lowest BCUT2D eigenvalue weighted by Gasteiger charge is -2.37. The topological polar surface area (TPSA) is 101 Å². The molecule has 1 heterocycles. The average molecular weight is 421 g/mol. The average Bonchev–Trinajstić information content (AvgIpc) is 3.14. The van der Waals surface area contributed by atoms with E-state index in [2.05, 4.69) is 5.32 Å². The third-order valence-electron chi connectivity index (χ3n) is 6.67. The molecule has 29 heavy (non-hydrogen) atoms. The lowest BCUT2D eigenvalue weighted by atomic mass is 9.83. The summed E-state index contributed by atoms with van der Waals surface area (Å²) >= 11 is 6.10. The normalized spacial score (nSPS) is 23.8. The van der Waals surface area contributed by atoms with Crippen molar-refractivity contribution in [3.05, 3.63) is 34.3 Å². The van der Waals surface area contributed by atoms with Gasteiger partial charge >= 0.3 is 0 Å². The molecule has 2 atom stereocenters. The standard InChI is InChI=1S/C22H33ClN4O2/c1-22(21(29)26-14-17-12-18(23)9-8-16(17)13-24)10-5-11-27(22)20(28)19(25)15-6-3-2-4-7-15/h8-9,12,15,19H,2-7,10-11,13-14,24-25H2,1H3,(H,26,29)/t19-,22?/m0/s1. The zero-order valence-corrected chi connectivity index (χ0v) is 18.0. The van der Waals surface area contributed by atoms with Crippen molar-refractivity contribution >= 4 is 23.4 Å². The fourth-order valence-corrected chi connectivity index (χ4v) is 4.95. The number of carbonyl (C=O) groups excluding carboxylic acids is 2. The fourth-order valence-electron chi connectivity index (χ4n) is 4.75. The van der Waals surface area contributed by atoms with Crippen LogP contribution in [0.2, 0.25) is 5.02 Å². The highest BCUT2D eigenvalue weighted by Crippen LogP contribution is 2.33. The van der Waals surface area contributed by atoms with Gasteiger partial charge in [0.2, 0.25) is 11.8 Å². The number of hydrogen-bond acceptors (Lipinski definition) is 4. The van der Waals surface area contributed by atoms with E-state index in [1.807, 2.05) is 19.1 Å². The van der Waals surface area contributed by atoms with Crippen molar-refractivity contribution in [2.24, 2.45) is 17.4 Å². The van der Waals surface area contributed by atoms with Gasteiger partial charge in [0, 0.05) is 24.7 Å². The number of halogens is 1. The SMILES string of the molecule is CC1(C(=O)NCc2cc(Cl)ccc2CN)CCCN1C(=O)[C@@H](N)C1CCCCC1. The molecule has 1 unspecified atom stereocenters. The third kappa shape index (κ3) is 4.76. The molecular weight excluding hydrogens is 388 g/mol. The van der Waals surface area contributed by atoms with Gasteiger partial charge in [0.05, 0.1) is 6.04 Å². The Bertz CT molecular complexity index is 750. The molecule has 1 saturated carbocycles. The zero-order valence-electron chi connectivity index (χ0n) is 17.3. The van der Waals surface area contributed by atoms with Gasteiger partial charge in [-0.1, -0.05) is 36.9 Å². The van der Waals surface area contributed by atoms with Gasteiger partial charge in [-0.3, -0.25) is 9.59 Å². The molecule has 1 aromatic carbocycles. The predicted molar refractivity (Wildman–Crippen MR) is 115 cm³/mol. The highest BCUT2D eigenvalue weighted by molar-refractivity contribution is 6.30. The molecule has 0 radical (unpaired) electrons. The van der Waals surface area contributed by atoms with Crippen molar-refractivity contribution in [2.45, 2.75) is 76.5 Å². The summed E-state index contributed by atoms with van der Waals surface area (Å²) in [5.74, 6) is -0.0117. The minimum absolute atomic E-state index is 0.0857. The van der Waals surface area contributed by atoms with Crippen molar-refractivity contribution in [3.63, 3.8) is 0 Å². The number of likely N-dealkylation sites (tertiary alicyclic amines) is 1. The molecule has 1 saturated heterocycles. The maximum Gasteiger partial charge on any atom is 0.245 e. The monoisotopic (exact) mass is 420 g/mol. The van der Waals surface area contributed by atoms with Crippen molar-refractivity contribution in [2.75, 3.05) is 6.54 Å². The number of nitrogens with one attached hydrogen (secondary N) is 1. The van der Waals surface area contributed by atoms with E-state index in [9.17, 15) is 9.59 Å². The first-order valence-corrected chi connectivity index (χ1v) is 11.1. The van der Waals surface area contributed by atoms with Crippen LogP contribution in [-0.4, -0.2) is 34.8 Å². The molecule has 5 N–H and O–H groups in total. The Hall–Kier alpha value is -1.63. The molecular formula is C22H33ClN4O2. The highest BCUT2D eigenvalue weighted by atomic mass is 35.5. The van der Waals surface area contributed by atoms with Crippen LogP contribution < -0.4 is 16.8 Å². The summed E-state index contributed by atoms with van der Waals surface area (Å²) in [4.78, 5) is 28.0. The van der Waals surface area contributed by atoms with E-state index in [0.29, 0.717) is 31.1 Å². The highest BCUT2D eigenvalue weighted by Gasteiger charge is 2.47. The van der Waals surface area contributed by atoms with Gasteiger partial charge in [0.25, 0.3) is 0 Å². The molecule has 6 nitrogen and oxygen atoms in total. The zero-order chi connectivity index (χ0) is 21.0. The first-order chi connectivity index (χ1) is 13.9. The summed E-state index contributed by atoms with van der Waals surface area (Å²) in [6.45, 7) is 3.13. The first kappa shape index (κ1) is 22.1. The van der Waals surface area contributed by atoms with Gasteiger partial charge in [-0.25, -0.2) is 0 Å². The molecule has 2 amide bonds. The van der Waals surface area contributed by atoms with Gasteiger partial charge in [0.1, 0.15) is 5.54 Å². The predicted octanol–water partition coefficient (Wildman–Crippen LogP) is 2.70. The number of rotatable bonds is 6. The smallest absolute Gasteiger partial charge is 0.245 e. The van der Waals surface area contributed by atoms with E-state index in [1.165, 1.54) is 6.42 Å². The Kier molecular flexibility index (Phi) is 7.19. The van der Waals surface area contributed by atoms with Crippen LogP contribution in [0.1, 0.15) is 63.0 Å². The van der Waals surface area contributed by atoms with Crippen molar-refractivity contribution in [3.8, 4) is 0 Å². The molecule has 1 aliphatic carbocycles. The second kappa shape index (κ2) is 9.45. The lowest BCUT2D eigenvalue weighted by Crippen LogP contribution is -2.59. The number of amides is 2. The Labute approximate surface area is 178 Å². The Balaban J connectivity index is 1.68. The summed E-state index contributed by atoms with van der Waals surface area (Å²) in [6.07, 6.45) is 6.93. The summed E-state index contributed by atoms with van der Waals surface area (Å²) in [5, 5.41) is 3.60. The van der Waals surface area contributed by atoms with Gasteiger partial charge < -0.3 is 21.7 Å². The number of hydrogen-bond donors (Lipinski definition) is 3. The number of benzene rings is 1. The maximum atomic E-state index is 13.2. The molecule has 160 valence electrons. The van der Waals surface area contributed by atoms with Gasteiger partial charge in [-0.05, 0) is 61.8 Å². The molecule has 1 aliphatic heterocycles. The van der Waals surface area contributed by atoms with E-state index in [1.54, 1.807) is 11.0 Å². The van der Waals surface area contributed by atoms with Crippen LogP contribution in [-0.2, 0) is 22.7 Å². The molecule has 3 rings (SSSR count). The van der Waals surface area contributed by atoms with Gasteiger partial charge in [-0.2, -0.15) is 0 Å². The second-order valence-electron chi connectivity index (χ2n) is 8.59. The van der Waals surface area contributed by atoms with Crippen molar-refractivity contribution in [1.82, 2.24) is 10.2 Å². The quantitative estimate of drug-likeness (QED) is 0.658. The molecule has 1 aromatic rings. The Morgan fingerprint density at radius 1 is 1.24 bits per heavy atom. The van der Waals surface area contributed by atoms with Crippen LogP contribution in [0.3, 0.4) is 0 Å². The first-order valence-electron chi connectivity index (χ1n) is 10.7. The summed E-state index contributed by atoms with van der Waals surface area (Å²) in [7, 11) is 0. The number of carbonyl (C=O) groups is 2. The Morgan fingerprint density at radius 3 is 2.66 bits per heavy atom. The van der Waals surface area contributed by atoms with Crippen LogP contribution in [0.25, 0.3) is 0 Å². The molecule has 0 bridgehead atoms. The third-order valence-corrected chi connectivity index (χ3v) is 6.90. The van der Waals surface area contributed by atoms with E-state index in [0.717, 1.165) is 43.2 Å². The van der Waals surface area contributed by atoms with Crippen molar-refractivity contribution < 1.29 is 9.59 Å². The van der Waals surface area contributed by atoms with Crippen LogP contribution in [0.4, 0.5) is 0 Å². The molecule has 2 aliphatic rings. The number of nitrogens with zero attached hydrogens (tertiary/aromatic N) is 1. The van der Waals surface area contributed by atoms with E-state index in [4.69, 9.17) is 23.1 Å². The van der Waals surface area contributed by atoms with Crippen LogP contribution >= 0.6 is 11.6 Å². The van der Waals surface area contributed by atoms with E-state index < -0.39 is 11.6 Å². The van der Waals surface area contributed by atoms with Crippen LogP contribution in [0, 0.1) is 5.92 Å². The van der Waals surface area contributed by atoms with E-state index in [-0.39, 0.29) is 17.7 Å². The minimum Gasteiger partial charge on any atom is -0.350 e. The van der Waals surface area contributed by atoms with Gasteiger partial charge in [-0.15, -0.1) is 0 Å². The van der Waals surface area contributed by atoms with Gasteiger partial charge in [0.15, 0.2) is 0 Å². The summed E-state index contributed by atoms with van der Waals surface area (Å²) < 4.78 is 0. The molecule has 0 spiro atoms. The summed E-state index contributed by atoms with van der Waals surface area (Å²) in [5.41, 5.74) is 13.1. The van der Waals surface area contributed by atoms with Crippen LogP contribution in [0.15, 0.2) is 18.2 Å². The summed E-state index contributed by atoms with van der Waals surface area (Å²) in [6, 6.07) is 4.97. The molecule has 0 aromatic heterocycles. The molecule has 2 fully saturated rings. The van der Waals surface area contributed by atoms with Crippen LogP contribution in [0.5, 0.6) is 0 Å². The largest absolute Gasteiger partial charge is 0.350 e. The van der Waals surface area contributed by atoms with E-state index >= 15 is 0 Å². The second-order valence-corrected chi connectivity index (χ2v) is 9.03. The lowest BCUT2D eigenvalue weighted by molar-refractivity contribution is -0.146.